The van der Waals surface area contributed by atoms with Gasteiger partial charge >= 0.3 is 0 Å². The van der Waals surface area contributed by atoms with Crippen molar-refractivity contribution in [2.75, 3.05) is 19.6 Å². The van der Waals surface area contributed by atoms with Gasteiger partial charge in [0.05, 0.1) is 5.41 Å². The Morgan fingerprint density at radius 1 is 1.06 bits per heavy atom. The van der Waals surface area contributed by atoms with Gasteiger partial charge in [0, 0.05) is 43.8 Å². The maximum Gasteiger partial charge on any atom is 0.272 e. The molecule has 1 fully saturated rings. The first-order chi connectivity index (χ1) is 16.0. The second-order valence-corrected chi connectivity index (χ2v) is 9.15. The first-order valence-electron chi connectivity index (χ1n) is 11.5. The number of pyridine rings is 2. The highest BCUT2D eigenvalue weighted by Gasteiger charge is 2.46. The summed E-state index contributed by atoms with van der Waals surface area (Å²) in [6.45, 7) is 5.67. The lowest BCUT2D eigenvalue weighted by Gasteiger charge is -2.29. The summed E-state index contributed by atoms with van der Waals surface area (Å²) in [4.78, 5) is 36.9. The zero-order valence-electron chi connectivity index (χ0n) is 19.2. The van der Waals surface area contributed by atoms with E-state index in [-0.39, 0.29) is 11.8 Å². The summed E-state index contributed by atoms with van der Waals surface area (Å²) in [7, 11) is 0. The van der Waals surface area contributed by atoms with Crippen LogP contribution in [-0.4, -0.2) is 46.3 Å². The van der Waals surface area contributed by atoms with Gasteiger partial charge in [-0.25, -0.2) is 0 Å². The van der Waals surface area contributed by atoms with Crippen LogP contribution >= 0.6 is 0 Å². The fourth-order valence-corrected chi connectivity index (χ4v) is 4.43. The van der Waals surface area contributed by atoms with Gasteiger partial charge in [0.15, 0.2) is 0 Å². The van der Waals surface area contributed by atoms with Crippen LogP contribution in [-0.2, 0) is 11.2 Å². The van der Waals surface area contributed by atoms with Crippen molar-refractivity contribution in [3.8, 4) is 11.1 Å². The molecule has 1 aliphatic rings. The first-order valence-corrected chi connectivity index (χ1v) is 11.5. The van der Waals surface area contributed by atoms with Crippen LogP contribution in [0.25, 0.3) is 11.1 Å². The minimum Gasteiger partial charge on any atom is -0.355 e. The highest BCUT2D eigenvalue weighted by molar-refractivity contribution is 5.94. The Labute approximate surface area is 195 Å². The molecule has 1 atom stereocenters. The normalized spacial score (nSPS) is 17.8. The molecule has 4 rings (SSSR count). The quantitative estimate of drug-likeness (QED) is 0.600. The molecule has 1 aromatic carbocycles. The molecule has 170 valence electrons. The second kappa shape index (κ2) is 9.94. The van der Waals surface area contributed by atoms with Gasteiger partial charge in [0.1, 0.15) is 5.69 Å². The van der Waals surface area contributed by atoms with Crippen LogP contribution in [0.3, 0.4) is 0 Å². The summed E-state index contributed by atoms with van der Waals surface area (Å²) in [5.74, 6) is 0.226. The summed E-state index contributed by atoms with van der Waals surface area (Å²) in [5.41, 5.74) is 2.88. The van der Waals surface area contributed by atoms with Crippen LogP contribution < -0.4 is 5.32 Å². The van der Waals surface area contributed by atoms with E-state index in [2.05, 4.69) is 41.3 Å². The van der Waals surface area contributed by atoms with E-state index in [1.165, 1.54) is 0 Å². The third-order valence-corrected chi connectivity index (χ3v) is 6.20. The number of nitrogens with one attached hydrogen (secondary N) is 1. The minimum absolute atomic E-state index is 0.00788. The van der Waals surface area contributed by atoms with E-state index in [9.17, 15) is 9.59 Å². The number of hydrogen-bond donors (Lipinski definition) is 1. The molecule has 0 spiro atoms. The largest absolute Gasteiger partial charge is 0.355 e. The molecule has 0 radical (unpaired) electrons. The number of aromatic nitrogens is 2. The molecule has 6 nitrogen and oxygen atoms in total. The van der Waals surface area contributed by atoms with E-state index in [1.807, 2.05) is 36.5 Å². The van der Waals surface area contributed by atoms with Gasteiger partial charge in [0.25, 0.3) is 5.91 Å². The van der Waals surface area contributed by atoms with Crippen LogP contribution in [0.1, 0.15) is 36.3 Å². The lowest BCUT2D eigenvalue weighted by atomic mass is 9.78. The predicted octanol–water partition coefficient (Wildman–Crippen LogP) is 3.99. The van der Waals surface area contributed by atoms with Gasteiger partial charge in [-0.2, -0.15) is 0 Å². The van der Waals surface area contributed by atoms with Gasteiger partial charge < -0.3 is 10.2 Å². The highest BCUT2D eigenvalue weighted by Crippen LogP contribution is 2.38. The van der Waals surface area contributed by atoms with Crippen molar-refractivity contribution in [1.82, 2.24) is 20.2 Å². The van der Waals surface area contributed by atoms with Gasteiger partial charge in [-0.15, -0.1) is 0 Å². The zero-order chi connectivity index (χ0) is 23.3. The topological polar surface area (TPSA) is 75.2 Å². The van der Waals surface area contributed by atoms with E-state index in [4.69, 9.17) is 0 Å². The number of nitrogens with zero attached hydrogens (tertiary/aromatic N) is 3. The van der Waals surface area contributed by atoms with Crippen molar-refractivity contribution < 1.29 is 9.59 Å². The van der Waals surface area contributed by atoms with E-state index < -0.39 is 5.41 Å². The van der Waals surface area contributed by atoms with Crippen molar-refractivity contribution in [2.45, 2.75) is 26.7 Å². The maximum absolute atomic E-state index is 13.6. The average Bonchev–Trinajstić information content (AvgIpc) is 3.28. The lowest BCUT2D eigenvalue weighted by Crippen LogP contribution is -2.46. The fraction of sp³-hybridized carbons (Fsp3) is 0.333. The van der Waals surface area contributed by atoms with Crippen LogP contribution in [0, 0.1) is 11.3 Å². The summed E-state index contributed by atoms with van der Waals surface area (Å²) < 4.78 is 0. The van der Waals surface area contributed by atoms with Crippen molar-refractivity contribution in [1.29, 1.82) is 0 Å². The van der Waals surface area contributed by atoms with Crippen molar-refractivity contribution >= 4 is 11.8 Å². The molecule has 6 heteroatoms. The van der Waals surface area contributed by atoms with E-state index in [0.29, 0.717) is 44.1 Å². The molecule has 1 N–H and O–H groups in total. The molecule has 2 aromatic heterocycles. The van der Waals surface area contributed by atoms with Crippen molar-refractivity contribution in [3.05, 3.63) is 84.4 Å². The molecule has 0 saturated carbocycles. The van der Waals surface area contributed by atoms with Gasteiger partial charge in [0.2, 0.25) is 5.91 Å². The molecule has 2 amide bonds. The van der Waals surface area contributed by atoms with Crippen molar-refractivity contribution in [2.24, 2.45) is 11.3 Å². The number of rotatable bonds is 7. The molecule has 3 heterocycles. The number of benzene rings is 1. The number of likely N-dealkylation sites (tertiary alicyclic amines) is 1. The van der Waals surface area contributed by atoms with Gasteiger partial charge in [-0.1, -0.05) is 50.2 Å². The zero-order valence-corrected chi connectivity index (χ0v) is 19.2. The molecular weight excluding hydrogens is 412 g/mol. The number of carbonyl (C=O) groups is 2. The Bertz CT molecular complexity index is 1100. The van der Waals surface area contributed by atoms with Crippen LogP contribution in [0.2, 0.25) is 0 Å². The maximum atomic E-state index is 13.6. The SMILES string of the molecule is CC(C)CNC(=O)[C@@]1(Cc2ccccc2-c2cccnc2)CCN(C(=O)c2ccccn2)C1. The molecular formula is C27H30N4O2. The van der Waals surface area contributed by atoms with Crippen molar-refractivity contribution in [3.63, 3.8) is 0 Å². The number of carbonyl (C=O) groups excluding carboxylic acids is 2. The van der Waals surface area contributed by atoms with Gasteiger partial charge in [-0.3, -0.25) is 19.6 Å². The monoisotopic (exact) mass is 442 g/mol. The van der Waals surface area contributed by atoms with Crippen LogP contribution in [0.15, 0.2) is 73.2 Å². The molecule has 3 aromatic rings. The van der Waals surface area contributed by atoms with Crippen LogP contribution in [0.4, 0.5) is 0 Å². The average molecular weight is 443 g/mol. The Balaban J connectivity index is 1.65. The van der Waals surface area contributed by atoms with E-state index in [1.54, 1.807) is 29.4 Å². The summed E-state index contributed by atoms with van der Waals surface area (Å²) in [6, 6.07) is 17.4. The summed E-state index contributed by atoms with van der Waals surface area (Å²) in [5, 5.41) is 3.14. The Kier molecular flexibility index (Phi) is 6.82. The first kappa shape index (κ1) is 22.6. The van der Waals surface area contributed by atoms with Gasteiger partial charge in [-0.05, 0) is 48.1 Å². The molecule has 0 bridgehead atoms. The molecule has 1 aliphatic heterocycles. The third kappa shape index (κ3) is 5.11. The second-order valence-electron chi connectivity index (χ2n) is 9.15. The fourth-order valence-electron chi connectivity index (χ4n) is 4.43. The summed E-state index contributed by atoms with van der Waals surface area (Å²) in [6.07, 6.45) is 6.38. The lowest BCUT2D eigenvalue weighted by molar-refractivity contribution is -0.130. The predicted molar refractivity (Wildman–Crippen MR) is 128 cm³/mol. The minimum atomic E-state index is -0.697. The van der Waals surface area contributed by atoms with Crippen LogP contribution in [0.5, 0.6) is 0 Å². The standard InChI is InChI=1S/C27H30N4O2/c1-20(2)17-30-26(33)27(12-15-31(19-27)25(32)24-11-5-6-14-29-24)16-21-8-3-4-10-23(21)22-9-7-13-28-18-22/h3-11,13-14,18,20H,12,15-17,19H2,1-2H3,(H,30,33)/t27-/m1/s1. The Hall–Kier alpha value is -3.54. The Morgan fingerprint density at radius 2 is 1.88 bits per heavy atom. The Morgan fingerprint density at radius 3 is 2.61 bits per heavy atom. The molecule has 33 heavy (non-hydrogen) atoms. The summed E-state index contributed by atoms with van der Waals surface area (Å²) >= 11 is 0. The molecule has 0 aliphatic carbocycles. The number of hydrogen-bond acceptors (Lipinski definition) is 4. The number of amides is 2. The highest BCUT2D eigenvalue weighted by atomic mass is 16.2. The third-order valence-electron chi connectivity index (χ3n) is 6.20. The van der Waals surface area contributed by atoms with E-state index in [0.717, 1.165) is 16.7 Å². The smallest absolute Gasteiger partial charge is 0.272 e. The molecule has 1 saturated heterocycles. The van der Waals surface area contributed by atoms with E-state index >= 15 is 0 Å². The molecule has 0 unspecified atom stereocenters.